The molecular weight excluding hydrogens is 224 g/mol. The van der Waals surface area contributed by atoms with Crippen LogP contribution in [0.4, 0.5) is 0 Å². The third-order valence-corrected chi connectivity index (χ3v) is 2.44. The van der Waals surface area contributed by atoms with Crippen molar-refractivity contribution in [3.63, 3.8) is 0 Å². The summed E-state index contributed by atoms with van der Waals surface area (Å²) in [6.45, 7) is 0. The van der Waals surface area contributed by atoms with Crippen LogP contribution in [0.2, 0.25) is 0 Å². The van der Waals surface area contributed by atoms with Crippen molar-refractivity contribution in [3.05, 3.63) is 28.6 Å². The van der Waals surface area contributed by atoms with Gasteiger partial charge in [-0.2, -0.15) is 0 Å². The number of methoxy groups -OCH3 is 2. The van der Waals surface area contributed by atoms with E-state index in [-0.39, 0.29) is 11.4 Å². The monoisotopic (exact) mass is 236 g/mol. The van der Waals surface area contributed by atoms with Crippen molar-refractivity contribution >= 4 is 0 Å². The summed E-state index contributed by atoms with van der Waals surface area (Å²) in [6, 6.07) is 4.97. The van der Waals surface area contributed by atoms with E-state index < -0.39 is 5.56 Å². The van der Waals surface area contributed by atoms with E-state index in [0.29, 0.717) is 17.1 Å². The first kappa shape index (κ1) is 11.1. The summed E-state index contributed by atoms with van der Waals surface area (Å²) in [5.41, 5.74) is 0.226. The molecule has 1 aromatic carbocycles. The van der Waals surface area contributed by atoms with Crippen molar-refractivity contribution < 1.29 is 14.6 Å². The van der Waals surface area contributed by atoms with Gasteiger partial charge in [-0.15, -0.1) is 0 Å². The Morgan fingerprint density at radius 2 is 1.94 bits per heavy atom. The van der Waals surface area contributed by atoms with Crippen LogP contribution in [0.25, 0.3) is 11.1 Å². The number of aromatic nitrogens is 2. The van der Waals surface area contributed by atoms with Gasteiger partial charge in [0, 0.05) is 11.6 Å². The van der Waals surface area contributed by atoms with Crippen LogP contribution in [0.1, 0.15) is 0 Å². The average Bonchev–Trinajstić information content (AvgIpc) is 2.68. The molecular formula is C11H12N2O4. The molecule has 0 bridgehead atoms. The lowest BCUT2D eigenvalue weighted by atomic mass is 10.1. The van der Waals surface area contributed by atoms with Gasteiger partial charge < -0.3 is 14.6 Å². The molecule has 0 unspecified atom stereocenters. The highest BCUT2D eigenvalue weighted by molar-refractivity contribution is 5.74. The minimum Gasteiger partial charge on any atom is -0.497 e. The number of benzene rings is 1. The zero-order chi connectivity index (χ0) is 12.4. The molecule has 0 fully saturated rings. The predicted molar refractivity (Wildman–Crippen MR) is 61.6 cm³/mol. The Kier molecular flexibility index (Phi) is 2.78. The summed E-state index contributed by atoms with van der Waals surface area (Å²) in [5.74, 6) is 0.834. The van der Waals surface area contributed by atoms with Crippen LogP contribution in [0.5, 0.6) is 17.4 Å². The average molecular weight is 236 g/mol. The Labute approximate surface area is 96.8 Å². The van der Waals surface area contributed by atoms with Gasteiger partial charge in [-0.1, -0.05) is 0 Å². The molecule has 6 nitrogen and oxygen atoms in total. The molecule has 3 N–H and O–H groups in total. The van der Waals surface area contributed by atoms with Crippen LogP contribution < -0.4 is 15.0 Å². The van der Waals surface area contributed by atoms with E-state index in [1.165, 1.54) is 14.2 Å². The minimum atomic E-state index is -0.411. The van der Waals surface area contributed by atoms with E-state index in [2.05, 4.69) is 10.2 Å². The Morgan fingerprint density at radius 1 is 1.18 bits per heavy atom. The van der Waals surface area contributed by atoms with Crippen LogP contribution in [-0.4, -0.2) is 29.5 Å². The van der Waals surface area contributed by atoms with Crippen LogP contribution in [0, 0.1) is 0 Å². The summed E-state index contributed by atoms with van der Waals surface area (Å²) in [4.78, 5) is 11.5. The third kappa shape index (κ3) is 1.84. The van der Waals surface area contributed by atoms with E-state index in [1.807, 2.05) is 0 Å². The topological polar surface area (TPSA) is 87.3 Å². The summed E-state index contributed by atoms with van der Waals surface area (Å²) >= 11 is 0. The maximum Gasteiger partial charge on any atom is 0.275 e. The van der Waals surface area contributed by atoms with Crippen molar-refractivity contribution in [2.75, 3.05) is 14.2 Å². The van der Waals surface area contributed by atoms with Crippen LogP contribution in [-0.2, 0) is 0 Å². The molecule has 2 rings (SSSR count). The van der Waals surface area contributed by atoms with E-state index in [9.17, 15) is 9.90 Å². The highest BCUT2D eigenvalue weighted by Crippen LogP contribution is 2.34. The summed E-state index contributed by atoms with van der Waals surface area (Å²) in [6.07, 6.45) is 0. The van der Waals surface area contributed by atoms with Crippen molar-refractivity contribution in [3.8, 4) is 28.5 Å². The molecule has 0 aliphatic carbocycles. The quantitative estimate of drug-likeness (QED) is 0.744. The van der Waals surface area contributed by atoms with Crippen molar-refractivity contribution in [1.29, 1.82) is 0 Å². The van der Waals surface area contributed by atoms with Gasteiger partial charge in [-0.05, 0) is 12.1 Å². The lowest BCUT2D eigenvalue weighted by Crippen LogP contribution is -2.02. The Balaban J connectivity index is 2.63. The van der Waals surface area contributed by atoms with E-state index in [4.69, 9.17) is 9.47 Å². The lowest BCUT2D eigenvalue weighted by molar-refractivity contribution is 0.395. The molecule has 1 heterocycles. The van der Waals surface area contributed by atoms with E-state index in [1.54, 1.807) is 18.2 Å². The fourth-order valence-corrected chi connectivity index (χ4v) is 1.60. The van der Waals surface area contributed by atoms with Gasteiger partial charge in [-0.3, -0.25) is 15.0 Å². The smallest absolute Gasteiger partial charge is 0.275 e. The Bertz CT molecular complexity index is 585. The molecule has 0 aliphatic heterocycles. The molecule has 0 amide bonds. The van der Waals surface area contributed by atoms with Gasteiger partial charge >= 0.3 is 0 Å². The molecule has 2 aromatic rings. The SMILES string of the molecule is COc1ccc(-c2c(O)[nH][nH]c2=O)c(OC)c1. The summed E-state index contributed by atoms with van der Waals surface area (Å²) in [7, 11) is 3.02. The van der Waals surface area contributed by atoms with Gasteiger partial charge in [0.05, 0.1) is 14.2 Å². The molecule has 0 radical (unpaired) electrons. The van der Waals surface area contributed by atoms with Gasteiger partial charge in [-0.25, -0.2) is 0 Å². The molecule has 0 aliphatic rings. The van der Waals surface area contributed by atoms with Crippen molar-refractivity contribution in [2.24, 2.45) is 0 Å². The van der Waals surface area contributed by atoms with Crippen molar-refractivity contribution in [2.45, 2.75) is 0 Å². The minimum absolute atomic E-state index is 0.143. The maximum atomic E-state index is 11.5. The largest absolute Gasteiger partial charge is 0.497 e. The van der Waals surface area contributed by atoms with Crippen LogP contribution in [0.3, 0.4) is 0 Å². The molecule has 0 saturated carbocycles. The maximum absolute atomic E-state index is 11.5. The summed E-state index contributed by atoms with van der Waals surface area (Å²) < 4.78 is 10.2. The summed E-state index contributed by atoms with van der Waals surface area (Å²) in [5, 5.41) is 14.2. The highest BCUT2D eigenvalue weighted by atomic mass is 16.5. The fourth-order valence-electron chi connectivity index (χ4n) is 1.60. The Hall–Kier alpha value is -2.37. The first-order valence-corrected chi connectivity index (χ1v) is 4.89. The zero-order valence-corrected chi connectivity index (χ0v) is 9.40. The number of H-pyrrole nitrogens is 2. The van der Waals surface area contributed by atoms with Crippen molar-refractivity contribution in [1.82, 2.24) is 10.2 Å². The van der Waals surface area contributed by atoms with Crippen LogP contribution >= 0.6 is 0 Å². The zero-order valence-electron chi connectivity index (χ0n) is 9.40. The number of aromatic hydroxyl groups is 1. The molecule has 90 valence electrons. The number of nitrogens with one attached hydrogen (secondary N) is 2. The molecule has 6 heteroatoms. The van der Waals surface area contributed by atoms with E-state index in [0.717, 1.165) is 0 Å². The van der Waals surface area contributed by atoms with Gasteiger partial charge in [0.2, 0.25) is 5.88 Å². The Morgan fingerprint density at radius 3 is 2.47 bits per heavy atom. The fraction of sp³-hybridized carbons (Fsp3) is 0.182. The van der Waals surface area contributed by atoms with Gasteiger partial charge in [0.25, 0.3) is 5.56 Å². The predicted octanol–water partition coefficient (Wildman–Crippen LogP) is 1.09. The van der Waals surface area contributed by atoms with Gasteiger partial charge in [0.1, 0.15) is 17.1 Å². The first-order chi connectivity index (χ1) is 8.17. The number of hydrogen-bond acceptors (Lipinski definition) is 4. The first-order valence-electron chi connectivity index (χ1n) is 4.89. The molecule has 1 aromatic heterocycles. The standard InChI is InChI=1S/C11H12N2O4/c1-16-6-3-4-7(8(5-6)17-2)9-10(14)12-13-11(9)15/h3-5H,1-2H3,(H3,12,13,14,15). The second kappa shape index (κ2) is 4.25. The normalized spacial score (nSPS) is 10.2. The highest BCUT2D eigenvalue weighted by Gasteiger charge is 2.16. The molecule has 17 heavy (non-hydrogen) atoms. The molecule has 0 atom stereocenters. The molecule has 0 saturated heterocycles. The number of rotatable bonds is 3. The molecule has 0 spiro atoms. The number of ether oxygens (including phenoxy) is 2. The third-order valence-electron chi connectivity index (χ3n) is 2.44. The second-order valence-electron chi connectivity index (χ2n) is 3.37. The van der Waals surface area contributed by atoms with Gasteiger partial charge in [0.15, 0.2) is 0 Å². The lowest BCUT2D eigenvalue weighted by Gasteiger charge is -2.08. The van der Waals surface area contributed by atoms with E-state index >= 15 is 0 Å². The second-order valence-corrected chi connectivity index (χ2v) is 3.37. The number of aromatic amines is 2. The van der Waals surface area contributed by atoms with Crippen LogP contribution in [0.15, 0.2) is 23.0 Å². The number of hydrogen-bond donors (Lipinski definition) is 3.